The number of carbonyl (C=O) groups is 1. The molecule has 8 heteroatoms. The molecular weight excluding hydrogens is 494 g/mol. The Hall–Kier alpha value is -3.62. The first-order valence-electron chi connectivity index (χ1n) is 13.7. The summed E-state index contributed by atoms with van der Waals surface area (Å²) in [5, 5.41) is 9.40. The van der Waals surface area contributed by atoms with Crippen molar-refractivity contribution in [2.45, 2.75) is 39.0 Å². The van der Waals surface area contributed by atoms with Crippen LogP contribution in [-0.2, 0) is 29.1 Å². The predicted molar refractivity (Wildman–Crippen MR) is 148 cm³/mol. The molecule has 1 aromatic heterocycles. The number of methoxy groups -OCH3 is 1. The smallest absolute Gasteiger partial charge is 0.308 e. The summed E-state index contributed by atoms with van der Waals surface area (Å²) in [4.78, 5) is 20.9. The van der Waals surface area contributed by atoms with E-state index >= 15 is 0 Å². The number of nitrogens with zero attached hydrogens (tertiary/aromatic N) is 3. The Labute approximate surface area is 229 Å². The molecule has 8 nitrogen and oxygen atoms in total. The van der Waals surface area contributed by atoms with E-state index in [0.29, 0.717) is 32.2 Å². The van der Waals surface area contributed by atoms with Crippen LogP contribution in [0.4, 0.5) is 5.82 Å². The number of para-hydroxylation sites is 1. The zero-order valence-corrected chi connectivity index (χ0v) is 22.6. The van der Waals surface area contributed by atoms with Gasteiger partial charge in [0, 0.05) is 37.3 Å². The van der Waals surface area contributed by atoms with Crippen LogP contribution in [0, 0.1) is 12.8 Å². The maximum absolute atomic E-state index is 11.4. The molecule has 0 amide bonds. The number of fused-ring (bicyclic) bond motifs is 1. The normalized spacial score (nSPS) is 19.4. The summed E-state index contributed by atoms with van der Waals surface area (Å²) in [6.45, 7) is 7.21. The lowest BCUT2D eigenvalue weighted by Crippen LogP contribution is -2.50. The van der Waals surface area contributed by atoms with Gasteiger partial charge in [-0.25, -0.2) is 4.98 Å². The maximum Gasteiger partial charge on any atom is 0.308 e. The molecule has 0 radical (unpaired) electrons. The van der Waals surface area contributed by atoms with E-state index in [4.69, 9.17) is 19.2 Å². The molecule has 0 spiro atoms. The summed E-state index contributed by atoms with van der Waals surface area (Å²) in [6, 6.07) is 16.9. The Morgan fingerprint density at radius 3 is 2.74 bits per heavy atom. The third-order valence-electron chi connectivity index (χ3n) is 8.21. The molecule has 0 saturated carbocycles. The highest BCUT2D eigenvalue weighted by Gasteiger charge is 2.31. The van der Waals surface area contributed by atoms with E-state index in [1.807, 2.05) is 43.3 Å². The Morgan fingerprint density at radius 1 is 1.15 bits per heavy atom. The molecule has 0 bridgehead atoms. The molecule has 6 rings (SSSR count). The second-order valence-corrected chi connectivity index (χ2v) is 10.7. The van der Waals surface area contributed by atoms with Gasteiger partial charge in [-0.05, 0) is 60.7 Å². The third kappa shape index (κ3) is 5.18. The number of anilines is 1. The van der Waals surface area contributed by atoms with E-state index in [0.717, 1.165) is 72.4 Å². The number of ether oxygens (including phenoxy) is 3. The molecule has 2 fully saturated rings. The standard InChI is InChI=1S/C31H35N3O5/c1-20-5-3-6-25(27-7-4-8-29(32-27)34-12-10-23(15-34)31(35)36)30(20)39-17-21-13-22-9-11-33(24-18-38-19-24)16-26(22)28(14-21)37-2/h3-8,13-14,23-24H,9-12,15-19H2,1-2H3,(H,35,36). The molecule has 1 N–H and O–H groups in total. The van der Waals surface area contributed by atoms with Crippen LogP contribution >= 0.6 is 0 Å². The number of benzene rings is 2. The zero-order chi connectivity index (χ0) is 26.9. The van der Waals surface area contributed by atoms with E-state index in [1.54, 1.807) is 7.11 Å². The fourth-order valence-electron chi connectivity index (χ4n) is 5.85. The number of rotatable bonds is 8. The van der Waals surface area contributed by atoms with Crippen LogP contribution in [-0.4, -0.2) is 67.0 Å². The van der Waals surface area contributed by atoms with Crippen LogP contribution in [0.3, 0.4) is 0 Å². The van der Waals surface area contributed by atoms with E-state index < -0.39 is 5.97 Å². The summed E-state index contributed by atoms with van der Waals surface area (Å²) in [5.41, 5.74) is 6.45. The third-order valence-corrected chi connectivity index (χ3v) is 8.21. The Bertz CT molecular complexity index is 1360. The van der Waals surface area contributed by atoms with Crippen molar-refractivity contribution in [3.63, 3.8) is 0 Å². The number of pyridine rings is 1. The molecule has 204 valence electrons. The van der Waals surface area contributed by atoms with Gasteiger partial charge in [0.2, 0.25) is 0 Å². The van der Waals surface area contributed by atoms with Crippen LogP contribution in [0.2, 0.25) is 0 Å². The van der Waals surface area contributed by atoms with Crippen molar-refractivity contribution < 1.29 is 24.1 Å². The first-order chi connectivity index (χ1) is 19.0. The number of aromatic nitrogens is 1. The first-order valence-corrected chi connectivity index (χ1v) is 13.7. The minimum atomic E-state index is -0.743. The molecule has 2 aromatic carbocycles. The molecule has 3 aromatic rings. The van der Waals surface area contributed by atoms with Gasteiger partial charge in [0.15, 0.2) is 0 Å². The minimum absolute atomic E-state index is 0.350. The fourth-order valence-corrected chi connectivity index (χ4v) is 5.85. The van der Waals surface area contributed by atoms with Crippen LogP contribution in [0.1, 0.15) is 28.7 Å². The van der Waals surface area contributed by atoms with Crippen molar-refractivity contribution in [1.82, 2.24) is 9.88 Å². The molecule has 2 saturated heterocycles. The summed E-state index contributed by atoms with van der Waals surface area (Å²) in [5.74, 6) is 1.43. The number of carboxylic acids is 1. The van der Waals surface area contributed by atoms with Crippen LogP contribution in [0.15, 0.2) is 48.5 Å². The van der Waals surface area contributed by atoms with E-state index in [2.05, 4.69) is 21.9 Å². The number of aliphatic carboxylic acids is 1. The maximum atomic E-state index is 11.4. The highest BCUT2D eigenvalue weighted by molar-refractivity contribution is 5.73. The molecule has 4 heterocycles. The number of carboxylic acid groups (broad SMARTS) is 1. The number of hydrogen-bond acceptors (Lipinski definition) is 7. The van der Waals surface area contributed by atoms with Gasteiger partial charge < -0.3 is 24.2 Å². The second kappa shape index (κ2) is 10.9. The van der Waals surface area contributed by atoms with Crippen molar-refractivity contribution in [3.8, 4) is 22.8 Å². The molecule has 1 unspecified atom stereocenters. The van der Waals surface area contributed by atoms with E-state index in [9.17, 15) is 9.90 Å². The van der Waals surface area contributed by atoms with Gasteiger partial charge in [0.05, 0.1) is 38.0 Å². The highest BCUT2D eigenvalue weighted by atomic mass is 16.5. The van der Waals surface area contributed by atoms with Gasteiger partial charge in [-0.2, -0.15) is 0 Å². The Balaban J connectivity index is 1.22. The second-order valence-electron chi connectivity index (χ2n) is 10.7. The minimum Gasteiger partial charge on any atom is -0.496 e. The van der Waals surface area contributed by atoms with Crippen LogP contribution < -0.4 is 14.4 Å². The Morgan fingerprint density at radius 2 is 2.00 bits per heavy atom. The zero-order valence-electron chi connectivity index (χ0n) is 22.6. The highest BCUT2D eigenvalue weighted by Crippen LogP contribution is 2.36. The molecule has 3 aliphatic rings. The topological polar surface area (TPSA) is 84.4 Å². The monoisotopic (exact) mass is 529 g/mol. The Kier molecular flexibility index (Phi) is 7.14. The average molecular weight is 530 g/mol. The van der Waals surface area contributed by atoms with E-state index in [1.165, 1.54) is 11.1 Å². The van der Waals surface area contributed by atoms with Crippen molar-refractivity contribution in [2.75, 3.05) is 44.9 Å². The molecule has 0 aliphatic carbocycles. The van der Waals surface area contributed by atoms with Crippen LogP contribution in [0.25, 0.3) is 11.3 Å². The van der Waals surface area contributed by atoms with E-state index in [-0.39, 0.29) is 5.92 Å². The largest absolute Gasteiger partial charge is 0.496 e. The number of hydrogen-bond donors (Lipinski definition) is 1. The lowest BCUT2D eigenvalue weighted by Gasteiger charge is -2.40. The molecule has 3 aliphatic heterocycles. The summed E-state index contributed by atoms with van der Waals surface area (Å²) >= 11 is 0. The molecular formula is C31H35N3O5. The summed E-state index contributed by atoms with van der Waals surface area (Å²) in [6.07, 6.45) is 1.62. The van der Waals surface area contributed by atoms with Crippen molar-refractivity contribution >= 4 is 11.8 Å². The summed E-state index contributed by atoms with van der Waals surface area (Å²) in [7, 11) is 1.74. The van der Waals surface area contributed by atoms with Crippen molar-refractivity contribution in [3.05, 3.63) is 70.8 Å². The van der Waals surface area contributed by atoms with Gasteiger partial charge in [0.1, 0.15) is 23.9 Å². The van der Waals surface area contributed by atoms with Crippen molar-refractivity contribution in [1.29, 1.82) is 0 Å². The van der Waals surface area contributed by atoms with Gasteiger partial charge in [-0.1, -0.05) is 24.3 Å². The van der Waals surface area contributed by atoms with Gasteiger partial charge in [-0.3, -0.25) is 9.69 Å². The van der Waals surface area contributed by atoms with Crippen molar-refractivity contribution in [2.24, 2.45) is 5.92 Å². The van der Waals surface area contributed by atoms with Gasteiger partial charge in [0.25, 0.3) is 0 Å². The molecule has 1 atom stereocenters. The first kappa shape index (κ1) is 25.6. The lowest BCUT2D eigenvalue weighted by molar-refractivity contribution is -0.140. The SMILES string of the molecule is COc1cc(COc2c(C)cccc2-c2cccc(N3CCC(C(=O)O)C3)n2)cc2c1CN(C1COC1)CC2. The lowest BCUT2D eigenvalue weighted by atomic mass is 9.95. The number of aryl methyl sites for hydroxylation is 1. The quantitative estimate of drug-likeness (QED) is 0.462. The van der Waals surface area contributed by atoms with Gasteiger partial charge >= 0.3 is 5.97 Å². The molecule has 39 heavy (non-hydrogen) atoms. The van der Waals surface area contributed by atoms with Crippen LogP contribution in [0.5, 0.6) is 11.5 Å². The van der Waals surface area contributed by atoms with Gasteiger partial charge in [-0.15, -0.1) is 0 Å². The summed E-state index contributed by atoms with van der Waals surface area (Å²) < 4.78 is 17.7. The fraction of sp³-hybridized carbons (Fsp3) is 0.419. The predicted octanol–water partition coefficient (Wildman–Crippen LogP) is 4.31. The average Bonchev–Trinajstić information content (AvgIpc) is 3.42.